The number of aliphatic imine (C=N–C) groups is 1. The van der Waals surface area contributed by atoms with Crippen molar-refractivity contribution in [2.45, 2.75) is 19.0 Å². The van der Waals surface area contributed by atoms with E-state index in [-0.39, 0.29) is 30.6 Å². The first-order valence-corrected chi connectivity index (χ1v) is 8.19. The van der Waals surface area contributed by atoms with Crippen molar-refractivity contribution in [1.82, 2.24) is 10.6 Å². The van der Waals surface area contributed by atoms with Crippen molar-refractivity contribution in [3.63, 3.8) is 0 Å². The van der Waals surface area contributed by atoms with Crippen LogP contribution in [0.1, 0.15) is 12.0 Å². The summed E-state index contributed by atoms with van der Waals surface area (Å²) in [5.41, 5.74) is 1.08. The summed E-state index contributed by atoms with van der Waals surface area (Å²) < 4.78 is 50.8. The summed E-state index contributed by atoms with van der Waals surface area (Å²) in [4.78, 5) is 4.07. The van der Waals surface area contributed by atoms with E-state index in [0.29, 0.717) is 37.0 Å². The summed E-state index contributed by atoms with van der Waals surface area (Å²) in [5, 5.41) is 6.17. The monoisotopic (exact) mass is 505 g/mol. The Morgan fingerprint density at radius 3 is 2.33 bits per heavy atom. The summed E-state index contributed by atoms with van der Waals surface area (Å²) in [7, 11) is 4.80. The van der Waals surface area contributed by atoms with Crippen LogP contribution in [0.15, 0.2) is 23.2 Å². The standard InChI is InChI=1S/C17H26F3N3O3.HI/c1-21-16(22-8-4-10-26-12-17(18,19)20)23-9-7-13-5-6-14(24-2)15(11-13)25-3;/h5-6,11H,4,7-10,12H2,1-3H3,(H2,21,22,23);1H. The van der Waals surface area contributed by atoms with Crippen LogP contribution in [0.2, 0.25) is 0 Å². The molecule has 27 heavy (non-hydrogen) atoms. The minimum atomic E-state index is -4.28. The number of benzene rings is 1. The molecule has 1 aromatic carbocycles. The molecule has 0 saturated heterocycles. The molecule has 0 aromatic heterocycles. The lowest BCUT2D eigenvalue weighted by Gasteiger charge is -2.13. The first-order valence-electron chi connectivity index (χ1n) is 8.19. The minimum absolute atomic E-state index is 0. The van der Waals surface area contributed by atoms with Crippen LogP contribution in [0.3, 0.4) is 0 Å². The van der Waals surface area contributed by atoms with Crippen LogP contribution in [-0.4, -0.2) is 59.7 Å². The third-order valence-electron chi connectivity index (χ3n) is 3.40. The van der Waals surface area contributed by atoms with Crippen LogP contribution >= 0.6 is 24.0 Å². The Hall–Kier alpha value is -1.43. The van der Waals surface area contributed by atoms with Gasteiger partial charge in [-0.15, -0.1) is 24.0 Å². The Balaban J connectivity index is 0.00000676. The van der Waals surface area contributed by atoms with Crippen molar-refractivity contribution >= 4 is 29.9 Å². The summed E-state index contributed by atoms with van der Waals surface area (Å²) in [6.45, 7) is -0.0753. The predicted octanol–water partition coefficient (Wildman–Crippen LogP) is 3.00. The molecule has 0 aliphatic rings. The van der Waals surface area contributed by atoms with Gasteiger partial charge in [0.25, 0.3) is 0 Å². The van der Waals surface area contributed by atoms with E-state index in [9.17, 15) is 13.2 Å². The fourth-order valence-electron chi connectivity index (χ4n) is 2.15. The second kappa shape index (κ2) is 13.7. The lowest BCUT2D eigenvalue weighted by molar-refractivity contribution is -0.173. The zero-order valence-electron chi connectivity index (χ0n) is 15.7. The van der Waals surface area contributed by atoms with Gasteiger partial charge < -0.3 is 24.8 Å². The molecule has 0 amide bonds. The molecule has 0 spiro atoms. The normalized spacial score (nSPS) is 11.6. The van der Waals surface area contributed by atoms with Gasteiger partial charge in [-0.1, -0.05) is 6.07 Å². The first kappa shape index (κ1) is 25.6. The van der Waals surface area contributed by atoms with Crippen LogP contribution in [0.25, 0.3) is 0 Å². The summed E-state index contributed by atoms with van der Waals surface area (Å²) in [5.74, 6) is 1.93. The lowest BCUT2D eigenvalue weighted by atomic mass is 10.1. The van der Waals surface area contributed by atoms with E-state index in [1.54, 1.807) is 21.3 Å². The molecule has 0 unspecified atom stereocenters. The third-order valence-corrected chi connectivity index (χ3v) is 3.40. The van der Waals surface area contributed by atoms with Gasteiger partial charge in [-0.25, -0.2) is 0 Å². The average Bonchev–Trinajstić information content (AvgIpc) is 2.61. The van der Waals surface area contributed by atoms with Crippen molar-refractivity contribution < 1.29 is 27.4 Å². The molecule has 0 aliphatic carbocycles. The average molecular weight is 505 g/mol. The smallest absolute Gasteiger partial charge is 0.411 e. The molecule has 156 valence electrons. The Morgan fingerprint density at radius 2 is 1.74 bits per heavy atom. The van der Waals surface area contributed by atoms with Gasteiger partial charge in [-0.2, -0.15) is 13.2 Å². The van der Waals surface area contributed by atoms with Crippen molar-refractivity contribution in [3.05, 3.63) is 23.8 Å². The van der Waals surface area contributed by atoms with Crippen molar-refractivity contribution in [2.24, 2.45) is 4.99 Å². The third kappa shape index (κ3) is 11.1. The molecular weight excluding hydrogens is 478 g/mol. The number of halogens is 4. The Bertz CT molecular complexity index is 572. The van der Waals surface area contributed by atoms with Crippen molar-refractivity contribution in [3.8, 4) is 11.5 Å². The number of rotatable bonds is 10. The Labute approximate surface area is 174 Å². The highest BCUT2D eigenvalue weighted by molar-refractivity contribution is 14.0. The zero-order valence-corrected chi connectivity index (χ0v) is 18.0. The highest BCUT2D eigenvalue weighted by Gasteiger charge is 2.27. The topological polar surface area (TPSA) is 64.1 Å². The van der Waals surface area contributed by atoms with E-state index in [1.807, 2.05) is 18.2 Å². The molecule has 6 nitrogen and oxygen atoms in total. The summed E-state index contributed by atoms with van der Waals surface area (Å²) in [6, 6.07) is 5.72. The van der Waals surface area contributed by atoms with Gasteiger partial charge in [0, 0.05) is 26.7 Å². The first-order chi connectivity index (χ1) is 12.4. The van der Waals surface area contributed by atoms with E-state index >= 15 is 0 Å². The van der Waals surface area contributed by atoms with Crippen LogP contribution in [0.5, 0.6) is 11.5 Å². The van der Waals surface area contributed by atoms with E-state index in [0.717, 1.165) is 12.0 Å². The number of methoxy groups -OCH3 is 2. The maximum Gasteiger partial charge on any atom is 0.411 e. The number of guanidine groups is 1. The molecule has 0 radical (unpaired) electrons. The second-order valence-corrected chi connectivity index (χ2v) is 5.39. The second-order valence-electron chi connectivity index (χ2n) is 5.39. The lowest BCUT2D eigenvalue weighted by Crippen LogP contribution is -2.39. The molecule has 0 aliphatic heterocycles. The fraction of sp³-hybridized carbons (Fsp3) is 0.588. The Kier molecular flexibility index (Phi) is 13.0. The molecular formula is C17H27F3IN3O3. The van der Waals surface area contributed by atoms with Gasteiger partial charge in [0.15, 0.2) is 17.5 Å². The van der Waals surface area contributed by atoms with Crippen LogP contribution in [0.4, 0.5) is 13.2 Å². The van der Waals surface area contributed by atoms with Crippen molar-refractivity contribution in [1.29, 1.82) is 0 Å². The SMILES string of the molecule is CN=C(NCCCOCC(F)(F)F)NCCc1ccc(OC)c(OC)c1.I. The number of ether oxygens (including phenoxy) is 3. The highest BCUT2D eigenvalue weighted by atomic mass is 127. The molecule has 0 fully saturated rings. The molecule has 1 aromatic rings. The van der Waals surface area contributed by atoms with E-state index in [4.69, 9.17) is 9.47 Å². The summed E-state index contributed by atoms with van der Waals surface area (Å²) >= 11 is 0. The molecule has 10 heteroatoms. The van der Waals surface area contributed by atoms with Crippen LogP contribution < -0.4 is 20.1 Å². The van der Waals surface area contributed by atoms with E-state index < -0.39 is 12.8 Å². The molecule has 0 atom stereocenters. The molecule has 0 heterocycles. The quantitative estimate of drug-likeness (QED) is 0.222. The van der Waals surface area contributed by atoms with Crippen LogP contribution in [-0.2, 0) is 11.2 Å². The fourth-order valence-corrected chi connectivity index (χ4v) is 2.15. The van der Waals surface area contributed by atoms with Gasteiger partial charge in [0.1, 0.15) is 6.61 Å². The zero-order chi connectivity index (χ0) is 19.4. The van der Waals surface area contributed by atoms with Crippen LogP contribution in [0, 0.1) is 0 Å². The molecule has 1 rings (SSSR count). The number of alkyl halides is 3. The predicted molar refractivity (Wildman–Crippen MR) is 110 cm³/mol. The largest absolute Gasteiger partial charge is 0.493 e. The van der Waals surface area contributed by atoms with Crippen molar-refractivity contribution in [2.75, 3.05) is 47.6 Å². The maximum absolute atomic E-state index is 11.9. The maximum atomic E-state index is 11.9. The van der Waals surface area contributed by atoms with E-state index in [1.165, 1.54) is 0 Å². The van der Waals surface area contributed by atoms with Gasteiger partial charge in [0.05, 0.1) is 14.2 Å². The minimum Gasteiger partial charge on any atom is -0.493 e. The number of hydrogen-bond donors (Lipinski definition) is 2. The van der Waals surface area contributed by atoms with Gasteiger partial charge in [-0.3, -0.25) is 4.99 Å². The van der Waals surface area contributed by atoms with Gasteiger partial charge >= 0.3 is 6.18 Å². The highest BCUT2D eigenvalue weighted by Crippen LogP contribution is 2.27. The number of nitrogens with one attached hydrogen (secondary N) is 2. The van der Waals surface area contributed by atoms with Gasteiger partial charge in [0.2, 0.25) is 0 Å². The molecule has 0 saturated carbocycles. The molecule has 2 N–H and O–H groups in total. The van der Waals surface area contributed by atoms with E-state index in [2.05, 4.69) is 20.4 Å². The van der Waals surface area contributed by atoms with Gasteiger partial charge in [-0.05, 0) is 30.5 Å². The number of hydrogen-bond acceptors (Lipinski definition) is 4. The summed E-state index contributed by atoms with van der Waals surface area (Å²) in [6.07, 6.45) is -3.09. The number of nitrogens with zero attached hydrogens (tertiary/aromatic N) is 1. The molecule has 0 bridgehead atoms. The Morgan fingerprint density at radius 1 is 1.07 bits per heavy atom.